The fourth-order valence-electron chi connectivity index (χ4n) is 6.78. The number of fused-ring (bicyclic) bond motifs is 2. The van der Waals surface area contributed by atoms with E-state index in [2.05, 4.69) is 36.7 Å². The molecule has 0 aliphatic carbocycles. The predicted octanol–water partition coefficient (Wildman–Crippen LogP) is 4.20. The van der Waals surface area contributed by atoms with E-state index in [0.29, 0.717) is 54.3 Å². The van der Waals surface area contributed by atoms with E-state index in [-0.39, 0.29) is 41.1 Å². The van der Waals surface area contributed by atoms with E-state index in [1.165, 1.54) is 39.7 Å². The van der Waals surface area contributed by atoms with Crippen molar-refractivity contribution in [2.45, 2.75) is 13.1 Å². The Kier molecular flexibility index (Phi) is 9.06. The van der Waals surface area contributed by atoms with E-state index < -0.39 is 28.8 Å². The van der Waals surface area contributed by atoms with Crippen LogP contribution in [0.25, 0.3) is 27.8 Å². The number of rotatable bonds is 9. The molecule has 0 atom stereocenters. The number of nitrogens with one attached hydrogen (secondary N) is 2. The summed E-state index contributed by atoms with van der Waals surface area (Å²) in [6, 6.07) is 21.0. The fraction of sp³-hybridized carbons (Fsp3) is 0.154. The molecule has 0 bridgehead atoms. The first-order valence-corrected chi connectivity index (χ1v) is 17.3. The molecule has 8 rings (SSSR count). The first-order chi connectivity index (χ1) is 26.7. The maximum atomic E-state index is 15.1. The monoisotopic (exact) mass is 742 g/mol. The molecule has 0 radical (unpaired) electrons. The Morgan fingerprint density at radius 3 is 2.45 bits per heavy atom. The number of hydrogen-bond donors (Lipinski definition) is 2. The molecular weight excluding hydrogens is 710 g/mol. The molecule has 2 N–H and O–H groups in total. The number of halogens is 2. The molecular formula is C39H32F2N10O4. The average Bonchev–Trinajstić information content (AvgIpc) is 3.47. The fourth-order valence-corrected chi connectivity index (χ4v) is 6.78. The summed E-state index contributed by atoms with van der Waals surface area (Å²) in [6.07, 6.45) is 4.75. The van der Waals surface area contributed by atoms with Crippen LogP contribution < -0.4 is 27.0 Å². The number of aromatic amines is 1. The molecule has 276 valence electrons. The molecule has 14 nitrogen and oxygen atoms in total. The Bertz CT molecular complexity index is 2790. The minimum Gasteiger partial charge on any atom is -0.368 e. The molecule has 1 fully saturated rings. The molecule has 0 spiro atoms. The molecule has 0 saturated carbocycles. The molecule has 1 amide bonds. The number of amides is 1. The number of aromatic nitrogens is 7. The smallest absolute Gasteiger partial charge is 0.329 e. The van der Waals surface area contributed by atoms with Crippen LogP contribution in [0.5, 0.6) is 0 Å². The number of hydrogen-bond acceptors (Lipinski definition) is 9. The van der Waals surface area contributed by atoms with Crippen molar-refractivity contribution in [3.05, 3.63) is 158 Å². The van der Waals surface area contributed by atoms with Gasteiger partial charge in [0.2, 0.25) is 5.95 Å². The molecule has 55 heavy (non-hydrogen) atoms. The van der Waals surface area contributed by atoms with Crippen LogP contribution in [0.1, 0.15) is 15.9 Å². The van der Waals surface area contributed by atoms with Crippen LogP contribution in [0.4, 0.5) is 26.1 Å². The minimum absolute atomic E-state index is 0.0871. The zero-order valence-corrected chi connectivity index (χ0v) is 29.2. The average molecular weight is 743 g/mol. The topological polar surface area (TPSA) is 156 Å². The van der Waals surface area contributed by atoms with E-state index in [1.807, 2.05) is 30.3 Å². The van der Waals surface area contributed by atoms with Gasteiger partial charge in [-0.2, -0.15) is 4.98 Å². The standard InChI is InChI=1S/C39H32F2N10O4/c1-2-16-50-37(54)28-22-43-38(45-34(28)51(50)32-8-3-4-15-42-32)44-25-10-12-26(13-11-25)47-17-19-48(20-18-47)36(53)27-21-24(9-14-29(27)40)23-49-31-7-5-6-30(41)33(31)35(52)46-39(49)55/h2-15,21-22H,1,16-20,23H2,(H,43,44,45)(H,46,52,55). The van der Waals surface area contributed by atoms with Crippen LogP contribution in [0.2, 0.25) is 0 Å². The molecule has 3 aromatic carbocycles. The summed E-state index contributed by atoms with van der Waals surface area (Å²) in [5.74, 6) is -1.16. The second kappa shape index (κ2) is 14.3. The van der Waals surface area contributed by atoms with E-state index in [0.717, 1.165) is 17.8 Å². The number of allylic oxidation sites excluding steroid dienone is 1. The SMILES string of the molecule is C=CCn1c(=O)c2cnc(Nc3ccc(N4CCN(C(=O)c5cc(Cn6c(=O)[nH]c(=O)c7c(F)cccc76)ccc5F)CC4)cc3)nc2n1-c1ccccn1. The van der Waals surface area contributed by atoms with Gasteiger partial charge in [0.05, 0.1) is 29.6 Å². The molecule has 0 unspecified atom stereocenters. The van der Waals surface area contributed by atoms with Crippen LogP contribution in [0.15, 0.2) is 118 Å². The van der Waals surface area contributed by atoms with Crippen LogP contribution in [-0.4, -0.2) is 70.9 Å². The Hall–Kier alpha value is -7.23. The number of H-pyrrole nitrogens is 1. The van der Waals surface area contributed by atoms with Crippen molar-refractivity contribution in [2.24, 2.45) is 0 Å². The van der Waals surface area contributed by atoms with Crippen molar-refractivity contribution in [3.8, 4) is 5.82 Å². The molecule has 1 aliphatic rings. The maximum Gasteiger partial charge on any atom is 0.329 e. The first kappa shape index (κ1) is 34.8. The van der Waals surface area contributed by atoms with E-state index in [4.69, 9.17) is 0 Å². The van der Waals surface area contributed by atoms with Gasteiger partial charge in [0.15, 0.2) is 11.5 Å². The number of carbonyl (C=O) groups is 1. The van der Waals surface area contributed by atoms with E-state index in [9.17, 15) is 23.6 Å². The van der Waals surface area contributed by atoms with E-state index in [1.54, 1.807) is 34.0 Å². The Balaban J connectivity index is 0.945. The highest BCUT2D eigenvalue weighted by atomic mass is 19.1. The number of anilines is 3. The summed E-state index contributed by atoms with van der Waals surface area (Å²) in [5, 5.41) is 3.28. The highest BCUT2D eigenvalue weighted by Gasteiger charge is 2.25. The molecule has 5 heterocycles. The number of nitrogens with zero attached hydrogens (tertiary/aromatic N) is 8. The lowest BCUT2D eigenvalue weighted by Gasteiger charge is -2.36. The first-order valence-electron chi connectivity index (χ1n) is 17.3. The Morgan fingerprint density at radius 1 is 0.909 bits per heavy atom. The van der Waals surface area contributed by atoms with Crippen LogP contribution in [0.3, 0.4) is 0 Å². The molecule has 16 heteroatoms. The summed E-state index contributed by atoms with van der Waals surface area (Å²) in [4.78, 5) is 70.9. The number of carbonyl (C=O) groups excluding carboxylic acids is 1. The molecule has 1 aliphatic heterocycles. The third-order valence-corrected chi connectivity index (χ3v) is 9.48. The predicted molar refractivity (Wildman–Crippen MR) is 203 cm³/mol. The Morgan fingerprint density at radius 2 is 1.71 bits per heavy atom. The van der Waals surface area contributed by atoms with Gasteiger partial charge in [0.25, 0.3) is 17.0 Å². The van der Waals surface area contributed by atoms with Gasteiger partial charge in [-0.25, -0.2) is 32.9 Å². The van der Waals surface area contributed by atoms with Gasteiger partial charge in [0.1, 0.15) is 17.0 Å². The zero-order chi connectivity index (χ0) is 38.2. The highest BCUT2D eigenvalue weighted by molar-refractivity contribution is 5.95. The van der Waals surface area contributed by atoms with Crippen molar-refractivity contribution in [3.63, 3.8) is 0 Å². The third kappa shape index (κ3) is 6.53. The quantitative estimate of drug-likeness (QED) is 0.207. The van der Waals surface area contributed by atoms with Gasteiger partial charge in [-0.3, -0.25) is 23.9 Å². The van der Waals surface area contributed by atoms with Crippen LogP contribution in [-0.2, 0) is 13.1 Å². The second-order valence-electron chi connectivity index (χ2n) is 12.9. The normalized spacial score (nSPS) is 13.1. The maximum absolute atomic E-state index is 15.1. The second-order valence-corrected chi connectivity index (χ2v) is 12.9. The lowest BCUT2D eigenvalue weighted by molar-refractivity contribution is 0.0742. The summed E-state index contributed by atoms with van der Waals surface area (Å²) in [5.41, 5.74) is 0.543. The number of piperazine rings is 1. The molecule has 7 aromatic rings. The summed E-state index contributed by atoms with van der Waals surface area (Å²) < 4.78 is 33.8. The number of benzene rings is 3. The molecule has 4 aromatic heterocycles. The summed E-state index contributed by atoms with van der Waals surface area (Å²) in [7, 11) is 0. The van der Waals surface area contributed by atoms with Crippen molar-refractivity contribution >= 4 is 45.2 Å². The largest absolute Gasteiger partial charge is 0.368 e. The van der Waals surface area contributed by atoms with Gasteiger partial charge < -0.3 is 15.1 Å². The number of pyridine rings is 1. The van der Waals surface area contributed by atoms with Gasteiger partial charge in [-0.05, 0) is 66.2 Å². The van der Waals surface area contributed by atoms with Crippen molar-refractivity contribution in [1.82, 2.24) is 38.8 Å². The summed E-state index contributed by atoms with van der Waals surface area (Å²) >= 11 is 0. The lowest BCUT2D eigenvalue weighted by atomic mass is 10.1. The Labute approximate surface area is 310 Å². The van der Waals surface area contributed by atoms with Crippen LogP contribution >= 0.6 is 0 Å². The zero-order valence-electron chi connectivity index (χ0n) is 29.2. The van der Waals surface area contributed by atoms with Gasteiger partial charge in [0, 0.05) is 49.9 Å². The lowest BCUT2D eigenvalue weighted by Crippen LogP contribution is -2.49. The third-order valence-electron chi connectivity index (χ3n) is 9.48. The van der Waals surface area contributed by atoms with Gasteiger partial charge in [-0.15, -0.1) is 6.58 Å². The van der Waals surface area contributed by atoms with Crippen molar-refractivity contribution < 1.29 is 13.6 Å². The van der Waals surface area contributed by atoms with Crippen molar-refractivity contribution in [2.75, 3.05) is 36.4 Å². The minimum atomic E-state index is -0.842. The van der Waals surface area contributed by atoms with E-state index >= 15 is 4.39 Å². The summed E-state index contributed by atoms with van der Waals surface area (Å²) in [6.45, 7) is 5.57. The molecule has 1 saturated heterocycles. The van der Waals surface area contributed by atoms with Crippen LogP contribution in [0, 0.1) is 11.6 Å². The highest BCUT2D eigenvalue weighted by Crippen LogP contribution is 2.24. The van der Waals surface area contributed by atoms with Gasteiger partial charge >= 0.3 is 5.69 Å². The van der Waals surface area contributed by atoms with Gasteiger partial charge in [-0.1, -0.05) is 24.3 Å². The van der Waals surface area contributed by atoms with Crippen molar-refractivity contribution in [1.29, 1.82) is 0 Å².